The molecule has 1 unspecified atom stereocenters. The van der Waals surface area contributed by atoms with Gasteiger partial charge in [0.1, 0.15) is 0 Å². The highest BCUT2D eigenvalue weighted by molar-refractivity contribution is 6.33. The molecular weight excluding hydrogens is 254 g/mol. The molecule has 0 radical (unpaired) electrons. The average Bonchev–Trinajstić information content (AvgIpc) is 2.32. The number of aliphatic carboxylic acids is 1. The van der Waals surface area contributed by atoms with Gasteiger partial charge in [-0.05, 0) is 25.0 Å². The molecule has 1 aromatic rings. The van der Waals surface area contributed by atoms with Crippen molar-refractivity contribution >= 4 is 29.2 Å². The third kappa shape index (κ3) is 4.37. The Kier molecular flexibility index (Phi) is 5.65. The van der Waals surface area contributed by atoms with Crippen molar-refractivity contribution in [2.24, 2.45) is 5.92 Å². The zero-order valence-corrected chi connectivity index (χ0v) is 10.9. The lowest BCUT2D eigenvalue weighted by molar-refractivity contribution is -0.137. The number of hydrogen-bond donors (Lipinski definition) is 2. The van der Waals surface area contributed by atoms with E-state index in [0.29, 0.717) is 23.6 Å². The molecule has 98 valence electrons. The fourth-order valence-electron chi connectivity index (χ4n) is 1.62. The minimum absolute atomic E-state index is 0.00551. The largest absolute Gasteiger partial charge is 0.481 e. The molecule has 0 heterocycles. The second-order valence-electron chi connectivity index (χ2n) is 4.01. The Hall–Kier alpha value is -1.55. The molecule has 2 N–H and O–H groups in total. The molecule has 1 amide bonds. The molecule has 0 saturated carbocycles. The maximum atomic E-state index is 11.9. The van der Waals surface area contributed by atoms with E-state index in [1.54, 1.807) is 24.3 Å². The zero-order chi connectivity index (χ0) is 13.5. The lowest BCUT2D eigenvalue weighted by atomic mass is 9.99. The summed E-state index contributed by atoms with van der Waals surface area (Å²) in [6, 6.07) is 6.96. The van der Waals surface area contributed by atoms with Crippen LogP contribution in [0.25, 0.3) is 0 Å². The van der Waals surface area contributed by atoms with E-state index in [2.05, 4.69) is 5.32 Å². The van der Waals surface area contributed by atoms with Crippen molar-refractivity contribution in [2.45, 2.75) is 26.2 Å². The van der Waals surface area contributed by atoms with Crippen molar-refractivity contribution in [3.63, 3.8) is 0 Å². The van der Waals surface area contributed by atoms with E-state index in [4.69, 9.17) is 16.7 Å². The topological polar surface area (TPSA) is 66.4 Å². The van der Waals surface area contributed by atoms with Crippen molar-refractivity contribution in [3.8, 4) is 0 Å². The first kappa shape index (κ1) is 14.5. The second-order valence-corrected chi connectivity index (χ2v) is 4.41. The highest BCUT2D eigenvalue weighted by Gasteiger charge is 2.18. The lowest BCUT2D eigenvalue weighted by Gasteiger charge is -2.14. The van der Waals surface area contributed by atoms with Gasteiger partial charge in [0.05, 0.1) is 10.7 Å². The summed E-state index contributed by atoms with van der Waals surface area (Å²) in [5.41, 5.74) is 0.554. The van der Waals surface area contributed by atoms with Gasteiger partial charge in [-0.2, -0.15) is 0 Å². The van der Waals surface area contributed by atoms with Gasteiger partial charge in [-0.15, -0.1) is 0 Å². The quantitative estimate of drug-likeness (QED) is 0.834. The number of rotatable bonds is 6. The number of halogens is 1. The van der Waals surface area contributed by atoms with Gasteiger partial charge in [-0.3, -0.25) is 9.59 Å². The predicted octanol–water partition coefficient (Wildman–Crippen LogP) is 3.17. The fourth-order valence-corrected chi connectivity index (χ4v) is 1.80. The summed E-state index contributed by atoms with van der Waals surface area (Å²) in [7, 11) is 0. The minimum atomic E-state index is -0.890. The molecule has 1 rings (SSSR count). The molecule has 1 atom stereocenters. The van der Waals surface area contributed by atoms with E-state index in [1.165, 1.54) is 0 Å². The van der Waals surface area contributed by atoms with Crippen LogP contribution in [-0.2, 0) is 9.59 Å². The van der Waals surface area contributed by atoms with Gasteiger partial charge >= 0.3 is 5.97 Å². The number of carbonyl (C=O) groups is 2. The van der Waals surface area contributed by atoms with Gasteiger partial charge in [0.25, 0.3) is 0 Å². The van der Waals surface area contributed by atoms with Crippen LogP contribution in [0, 0.1) is 5.92 Å². The molecule has 0 aliphatic heterocycles. The predicted molar refractivity (Wildman–Crippen MR) is 70.7 cm³/mol. The number of hydrogen-bond acceptors (Lipinski definition) is 2. The molecule has 18 heavy (non-hydrogen) atoms. The van der Waals surface area contributed by atoms with E-state index >= 15 is 0 Å². The molecule has 5 heteroatoms. The SMILES string of the molecule is CCC(CCC(=O)O)C(=O)Nc1ccccc1Cl. The summed E-state index contributed by atoms with van der Waals surface area (Å²) in [5, 5.41) is 11.8. The third-order valence-electron chi connectivity index (χ3n) is 2.70. The summed E-state index contributed by atoms with van der Waals surface area (Å²) < 4.78 is 0. The van der Waals surface area contributed by atoms with Crippen LogP contribution in [0.5, 0.6) is 0 Å². The Morgan fingerprint density at radius 2 is 2.06 bits per heavy atom. The molecule has 0 bridgehead atoms. The Balaban J connectivity index is 2.62. The third-order valence-corrected chi connectivity index (χ3v) is 3.03. The molecule has 0 fully saturated rings. The van der Waals surface area contributed by atoms with E-state index in [0.717, 1.165) is 0 Å². The van der Waals surface area contributed by atoms with E-state index in [1.807, 2.05) is 6.92 Å². The Labute approximate surface area is 111 Å². The Bertz CT molecular complexity index is 434. The summed E-state index contributed by atoms with van der Waals surface area (Å²) in [6.07, 6.45) is 0.931. The Morgan fingerprint density at radius 1 is 1.39 bits per heavy atom. The number of carbonyl (C=O) groups excluding carboxylic acids is 1. The number of carboxylic acids is 1. The lowest BCUT2D eigenvalue weighted by Crippen LogP contribution is -2.23. The monoisotopic (exact) mass is 269 g/mol. The van der Waals surface area contributed by atoms with Crippen molar-refractivity contribution in [1.29, 1.82) is 0 Å². The summed E-state index contributed by atoms with van der Waals surface area (Å²) in [5.74, 6) is -1.39. The number of anilines is 1. The molecule has 0 aliphatic carbocycles. The van der Waals surface area contributed by atoms with Crippen LogP contribution in [0.1, 0.15) is 26.2 Å². The highest BCUT2D eigenvalue weighted by Crippen LogP contribution is 2.22. The van der Waals surface area contributed by atoms with E-state index in [9.17, 15) is 9.59 Å². The standard InChI is InChI=1S/C13H16ClNO3/c1-2-9(7-8-12(16)17)13(18)15-11-6-4-3-5-10(11)14/h3-6,9H,2,7-8H2,1H3,(H,15,18)(H,16,17). The summed E-state index contributed by atoms with van der Waals surface area (Å²) >= 11 is 5.93. The van der Waals surface area contributed by atoms with Crippen LogP contribution in [0.2, 0.25) is 5.02 Å². The number of benzene rings is 1. The minimum Gasteiger partial charge on any atom is -0.481 e. The van der Waals surface area contributed by atoms with Gasteiger partial charge < -0.3 is 10.4 Å². The van der Waals surface area contributed by atoms with Crippen LogP contribution in [-0.4, -0.2) is 17.0 Å². The van der Waals surface area contributed by atoms with E-state index in [-0.39, 0.29) is 18.2 Å². The molecule has 0 saturated heterocycles. The van der Waals surface area contributed by atoms with Crippen LogP contribution >= 0.6 is 11.6 Å². The van der Waals surface area contributed by atoms with Gasteiger partial charge in [0.15, 0.2) is 0 Å². The van der Waals surface area contributed by atoms with Crippen LogP contribution in [0.3, 0.4) is 0 Å². The number of nitrogens with one attached hydrogen (secondary N) is 1. The number of para-hydroxylation sites is 1. The maximum absolute atomic E-state index is 11.9. The van der Waals surface area contributed by atoms with Crippen molar-refractivity contribution < 1.29 is 14.7 Å². The first-order valence-corrected chi connectivity index (χ1v) is 6.19. The van der Waals surface area contributed by atoms with E-state index < -0.39 is 5.97 Å². The normalized spacial score (nSPS) is 11.9. The second kappa shape index (κ2) is 7.01. The summed E-state index contributed by atoms with van der Waals surface area (Å²) in [6.45, 7) is 1.86. The number of amides is 1. The molecular formula is C13H16ClNO3. The smallest absolute Gasteiger partial charge is 0.303 e. The van der Waals surface area contributed by atoms with Gasteiger partial charge in [-0.1, -0.05) is 30.7 Å². The van der Waals surface area contributed by atoms with Crippen molar-refractivity contribution in [2.75, 3.05) is 5.32 Å². The first-order chi connectivity index (χ1) is 8.54. The first-order valence-electron chi connectivity index (χ1n) is 5.81. The molecule has 1 aromatic carbocycles. The summed E-state index contributed by atoms with van der Waals surface area (Å²) in [4.78, 5) is 22.4. The molecule has 0 aliphatic rings. The van der Waals surface area contributed by atoms with Crippen LogP contribution in [0.15, 0.2) is 24.3 Å². The Morgan fingerprint density at radius 3 is 2.61 bits per heavy atom. The maximum Gasteiger partial charge on any atom is 0.303 e. The molecule has 4 nitrogen and oxygen atoms in total. The zero-order valence-electron chi connectivity index (χ0n) is 10.1. The fraction of sp³-hybridized carbons (Fsp3) is 0.385. The molecule has 0 spiro atoms. The van der Waals surface area contributed by atoms with Gasteiger partial charge in [0.2, 0.25) is 5.91 Å². The van der Waals surface area contributed by atoms with Gasteiger partial charge in [-0.25, -0.2) is 0 Å². The molecule has 0 aromatic heterocycles. The highest BCUT2D eigenvalue weighted by atomic mass is 35.5. The van der Waals surface area contributed by atoms with Crippen LogP contribution in [0.4, 0.5) is 5.69 Å². The van der Waals surface area contributed by atoms with Crippen LogP contribution < -0.4 is 5.32 Å². The van der Waals surface area contributed by atoms with Crippen molar-refractivity contribution in [3.05, 3.63) is 29.3 Å². The number of carboxylic acid groups (broad SMARTS) is 1. The average molecular weight is 270 g/mol. The van der Waals surface area contributed by atoms with Gasteiger partial charge in [0, 0.05) is 12.3 Å². The van der Waals surface area contributed by atoms with Crippen molar-refractivity contribution in [1.82, 2.24) is 0 Å².